The van der Waals surface area contributed by atoms with Crippen LogP contribution in [0.25, 0.3) is 0 Å². The molecule has 0 amide bonds. The SMILES string of the molecule is CC.Cl/C(=N\Sc1ccc(Cl)cc1)N1CC(c2ccccc2)C(c2ccc(Cl)cc2)=N1. The zero-order valence-corrected chi connectivity index (χ0v) is 20.3. The minimum atomic E-state index is 0.0851. The molecule has 1 atom stereocenters. The molecule has 31 heavy (non-hydrogen) atoms. The van der Waals surface area contributed by atoms with Crippen LogP contribution in [0.1, 0.15) is 30.9 Å². The summed E-state index contributed by atoms with van der Waals surface area (Å²) in [6, 6.07) is 25.4. The van der Waals surface area contributed by atoms with Gasteiger partial charge in [0.2, 0.25) is 5.29 Å². The lowest BCUT2D eigenvalue weighted by atomic mass is 9.91. The number of rotatable bonds is 4. The van der Waals surface area contributed by atoms with Crippen LogP contribution in [0.5, 0.6) is 0 Å². The van der Waals surface area contributed by atoms with Crippen LogP contribution in [0.2, 0.25) is 10.0 Å². The summed E-state index contributed by atoms with van der Waals surface area (Å²) in [5.41, 5.74) is 3.14. The molecule has 0 bridgehead atoms. The van der Waals surface area contributed by atoms with Crippen molar-refractivity contribution in [2.24, 2.45) is 9.50 Å². The third-order valence-corrected chi connectivity index (χ3v) is 6.14. The lowest BCUT2D eigenvalue weighted by Crippen LogP contribution is -2.21. The quantitative estimate of drug-likeness (QED) is 0.160. The van der Waals surface area contributed by atoms with E-state index in [-0.39, 0.29) is 5.92 Å². The zero-order chi connectivity index (χ0) is 22.2. The van der Waals surface area contributed by atoms with Crippen molar-refractivity contribution in [3.8, 4) is 0 Å². The predicted molar refractivity (Wildman–Crippen MR) is 136 cm³/mol. The van der Waals surface area contributed by atoms with Gasteiger partial charge in [-0.1, -0.05) is 79.5 Å². The molecule has 1 heterocycles. The number of hydrogen-bond donors (Lipinski definition) is 0. The maximum atomic E-state index is 6.50. The average molecular weight is 491 g/mol. The van der Waals surface area contributed by atoms with E-state index in [4.69, 9.17) is 39.9 Å². The fourth-order valence-electron chi connectivity index (χ4n) is 3.08. The Kier molecular flexibility index (Phi) is 8.85. The van der Waals surface area contributed by atoms with Gasteiger partial charge in [-0.3, -0.25) is 0 Å². The molecular weight excluding hydrogens is 469 g/mol. The first-order chi connectivity index (χ1) is 15.1. The number of nitrogens with zero attached hydrogens (tertiary/aromatic N) is 3. The molecule has 4 rings (SSSR count). The molecule has 3 aromatic carbocycles. The molecule has 1 aliphatic heterocycles. The van der Waals surface area contributed by atoms with Gasteiger partial charge in [-0.15, -0.1) is 0 Å². The molecule has 0 aliphatic carbocycles. The highest BCUT2D eigenvalue weighted by Gasteiger charge is 2.31. The van der Waals surface area contributed by atoms with Crippen LogP contribution in [-0.2, 0) is 0 Å². The van der Waals surface area contributed by atoms with Gasteiger partial charge >= 0.3 is 0 Å². The largest absolute Gasteiger partial charge is 0.236 e. The standard InChI is InChI=1S/C22H16Cl3N3S.C2H6/c23-17-8-6-16(7-9-17)21-20(15-4-2-1-3-5-15)14-28(26-21)22(25)27-29-19-12-10-18(24)11-13-19;1-2/h1-13,20H,14H2;1-2H3/b27-22+;. The van der Waals surface area contributed by atoms with Gasteiger partial charge in [0.15, 0.2) is 0 Å². The lowest BCUT2D eigenvalue weighted by molar-refractivity contribution is 0.484. The second kappa shape index (κ2) is 11.6. The van der Waals surface area contributed by atoms with Gasteiger partial charge in [0.25, 0.3) is 0 Å². The normalized spacial score (nSPS) is 15.9. The molecule has 1 aliphatic rings. The highest BCUT2D eigenvalue weighted by molar-refractivity contribution is 7.98. The second-order valence-corrected chi connectivity index (χ2v) is 8.49. The van der Waals surface area contributed by atoms with Crippen molar-refractivity contribution in [1.29, 1.82) is 0 Å². The third-order valence-electron chi connectivity index (χ3n) is 4.51. The fraction of sp³-hybridized carbons (Fsp3) is 0.167. The van der Waals surface area contributed by atoms with Crippen LogP contribution in [0.4, 0.5) is 0 Å². The van der Waals surface area contributed by atoms with Crippen LogP contribution in [0, 0.1) is 0 Å². The van der Waals surface area contributed by atoms with Crippen molar-refractivity contribution in [2.45, 2.75) is 24.7 Å². The zero-order valence-electron chi connectivity index (χ0n) is 17.2. The summed E-state index contributed by atoms with van der Waals surface area (Å²) < 4.78 is 4.43. The molecule has 0 saturated heterocycles. The molecule has 0 radical (unpaired) electrons. The van der Waals surface area contributed by atoms with Gasteiger partial charge in [0, 0.05) is 32.8 Å². The first kappa shape index (κ1) is 23.7. The molecule has 1 unspecified atom stereocenters. The summed E-state index contributed by atoms with van der Waals surface area (Å²) in [7, 11) is 0. The van der Waals surface area contributed by atoms with Crippen molar-refractivity contribution in [3.05, 3.63) is 100 Å². The van der Waals surface area contributed by atoms with Gasteiger partial charge in [-0.05, 0) is 59.1 Å². The lowest BCUT2D eigenvalue weighted by Gasteiger charge is -2.15. The Hall–Kier alpha value is -1.98. The summed E-state index contributed by atoms with van der Waals surface area (Å²) in [4.78, 5) is 0.952. The van der Waals surface area contributed by atoms with Gasteiger partial charge in [0.1, 0.15) is 0 Å². The summed E-state index contributed by atoms with van der Waals surface area (Å²) in [5.74, 6) is 0.0851. The molecule has 0 fully saturated rings. The van der Waals surface area contributed by atoms with Crippen molar-refractivity contribution in [3.63, 3.8) is 0 Å². The summed E-state index contributed by atoms with van der Waals surface area (Å²) in [5, 5.41) is 8.23. The number of benzene rings is 3. The minimum absolute atomic E-state index is 0.0851. The summed E-state index contributed by atoms with van der Waals surface area (Å²) in [6.07, 6.45) is 0. The predicted octanol–water partition coefficient (Wildman–Crippen LogP) is 8.13. The maximum absolute atomic E-state index is 6.50. The Labute approximate surface area is 202 Å². The Bertz CT molecular complexity index is 1040. The highest BCUT2D eigenvalue weighted by Crippen LogP contribution is 2.31. The average Bonchev–Trinajstić information content (AvgIpc) is 3.26. The Morgan fingerprint density at radius 2 is 1.48 bits per heavy atom. The van der Waals surface area contributed by atoms with E-state index in [1.54, 1.807) is 5.01 Å². The molecule has 3 aromatic rings. The number of amidine groups is 1. The Morgan fingerprint density at radius 3 is 2.10 bits per heavy atom. The van der Waals surface area contributed by atoms with Crippen molar-refractivity contribution >= 4 is 57.8 Å². The van der Waals surface area contributed by atoms with Crippen LogP contribution < -0.4 is 0 Å². The maximum Gasteiger partial charge on any atom is 0.226 e. The first-order valence-corrected chi connectivity index (χ1v) is 11.8. The monoisotopic (exact) mass is 489 g/mol. The van der Waals surface area contributed by atoms with E-state index < -0.39 is 0 Å². The number of hydrogen-bond acceptors (Lipinski definition) is 3. The number of hydrazone groups is 1. The van der Waals surface area contributed by atoms with Crippen LogP contribution in [-0.4, -0.2) is 22.6 Å². The van der Waals surface area contributed by atoms with Crippen LogP contribution in [0.15, 0.2) is 93.3 Å². The molecule has 7 heteroatoms. The molecule has 160 valence electrons. The van der Waals surface area contributed by atoms with Gasteiger partial charge < -0.3 is 0 Å². The Balaban J connectivity index is 0.00000132. The van der Waals surface area contributed by atoms with Crippen molar-refractivity contribution in [1.82, 2.24) is 5.01 Å². The summed E-state index contributed by atoms with van der Waals surface area (Å²) in [6.45, 7) is 4.62. The van der Waals surface area contributed by atoms with E-state index in [9.17, 15) is 0 Å². The molecular formula is C24H22Cl3N3S. The molecule has 0 aromatic heterocycles. The fourth-order valence-corrected chi connectivity index (χ4v) is 4.07. The third kappa shape index (κ3) is 6.27. The van der Waals surface area contributed by atoms with E-state index in [1.165, 1.54) is 17.5 Å². The van der Waals surface area contributed by atoms with E-state index in [0.29, 0.717) is 21.9 Å². The van der Waals surface area contributed by atoms with E-state index in [2.05, 4.69) is 16.5 Å². The Morgan fingerprint density at radius 1 is 0.903 bits per heavy atom. The van der Waals surface area contributed by atoms with E-state index in [1.807, 2.05) is 80.6 Å². The first-order valence-electron chi connectivity index (χ1n) is 9.93. The van der Waals surface area contributed by atoms with E-state index in [0.717, 1.165) is 16.2 Å². The van der Waals surface area contributed by atoms with Crippen molar-refractivity contribution in [2.75, 3.05) is 6.54 Å². The second-order valence-electron chi connectivity index (χ2n) is 6.44. The van der Waals surface area contributed by atoms with Crippen LogP contribution in [0.3, 0.4) is 0 Å². The minimum Gasteiger partial charge on any atom is -0.236 e. The topological polar surface area (TPSA) is 28.0 Å². The van der Waals surface area contributed by atoms with Crippen LogP contribution >= 0.6 is 46.8 Å². The smallest absolute Gasteiger partial charge is 0.226 e. The van der Waals surface area contributed by atoms with Gasteiger partial charge in [0.05, 0.1) is 12.3 Å². The van der Waals surface area contributed by atoms with E-state index >= 15 is 0 Å². The molecule has 0 N–H and O–H groups in total. The summed E-state index contributed by atoms with van der Waals surface area (Å²) >= 11 is 19.8. The number of halogens is 3. The highest BCUT2D eigenvalue weighted by atomic mass is 35.5. The van der Waals surface area contributed by atoms with Crippen molar-refractivity contribution < 1.29 is 0 Å². The van der Waals surface area contributed by atoms with Gasteiger partial charge in [-0.25, -0.2) is 5.01 Å². The molecule has 3 nitrogen and oxygen atoms in total. The van der Waals surface area contributed by atoms with Gasteiger partial charge in [-0.2, -0.15) is 9.50 Å². The molecule has 0 saturated carbocycles. The molecule has 0 spiro atoms.